The third-order valence-corrected chi connectivity index (χ3v) is 6.33. The second-order valence-electron chi connectivity index (χ2n) is 6.92. The molecule has 1 saturated heterocycles. The number of carbonyl (C=O) groups is 1. The maximum absolute atomic E-state index is 12.8. The van der Waals surface area contributed by atoms with Gasteiger partial charge >= 0.3 is 6.18 Å². The Kier molecular flexibility index (Phi) is 6.75. The summed E-state index contributed by atoms with van der Waals surface area (Å²) in [6.45, 7) is 1.36. The van der Waals surface area contributed by atoms with Crippen molar-refractivity contribution in [1.29, 1.82) is 0 Å². The molecule has 1 fully saturated rings. The molecule has 11 heteroatoms. The molecule has 3 rings (SSSR count). The van der Waals surface area contributed by atoms with Gasteiger partial charge in [-0.3, -0.25) is 4.79 Å². The van der Waals surface area contributed by atoms with Crippen LogP contribution in [0.4, 0.5) is 18.9 Å². The highest BCUT2D eigenvalue weighted by Crippen LogP contribution is 2.30. The zero-order chi connectivity index (χ0) is 22.6. The molecule has 0 unspecified atom stereocenters. The number of benzene rings is 2. The van der Waals surface area contributed by atoms with E-state index in [0.717, 1.165) is 29.6 Å². The predicted octanol–water partition coefficient (Wildman–Crippen LogP) is 2.34. The number of sulfonamides is 1. The number of rotatable bonds is 6. The van der Waals surface area contributed by atoms with Crippen LogP contribution in [0.1, 0.15) is 5.56 Å². The standard InChI is InChI=1S/C20H22F3N3O4S/c1-30-17-6-3-5-16(13-17)25-8-10-26(11-9-25)19(27)14-24-31(28,29)18-7-2-4-15(12-18)20(21,22)23/h2-7,12-13,24H,8-11,14H2,1H3. The Bertz CT molecular complexity index is 1040. The summed E-state index contributed by atoms with van der Waals surface area (Å²) >= 11 is 0. The average molecular weight is 457 g/mol. The Morgan fingerprint density at radius 3 is 2.39 bits per heavy atom. The summed E-state index contributed by atoms with van der Waals surface area (Å²) in [5.74, 6) is 0.279. The fraction of sp³-hybridized carbons (Fsp3) is 0.350. The molecule has 7 nitrogen and oxygen atoms in total. The van der Waals surface area contributed by atoms with E-state index in [1.54, 1.807) is 7.11 Å². The summed E-state index contributed by atoms with van der Waals surface area (Å²) in [6.07, 6.45) is -4.66. The Balaban J connectivity index is 1.56. The van der Waals surface area contributed by atoms with Gasteiger partial charge in [-0.25, -0.2) is 13.1 Å². The molecule has 0 bridgehead atoms. The minimum Gasteiger partial charge on any atom is -0.497 e. The van der Waals surface area contributed by atoms with E-state index >= 15 is 0 Å². The van der Waals surface area contributed by atoms with Crippen LogP contribution in [0.3, 0.4) is 0 Å². The molecule has 0 aromatic heterocycles. The normalized spacial score (nSPS) is 15.1. The van der Waals surface area contributed by atoms with Crippen molar-refractivity contribution in [2.24, 2.45) is 0 Å². The van der Waals surface area contributed by atoms with Crippen molar-refractivity contribution in [3.63, 3.8) is 0 Å². The predicted molar refractivity (Wildman–Crippen MR) is 108 cm³/mol. The topological polar surface area (TPSA) is 79.0 Å². The van der Waals surface area contributed by atoms with Gasteiger partial charge in [0.25, 0.3) is 0 Å². The molecule has 0 aliphatic carbocycles. The third kappa shape index (κ3) is 5.67. The molecular weight excluding hydrogens is 435 g/mol. The molecule has 168 valence electrons. The highest BCUT2D eigenvalue weighted by molar-refractivity contribution is 7.89. The molecule has 1 aliphatic heterocycles. The van der Waals surface area contributed by atoms with Gasteiger partial charge in [0.2, 0.25) is 15.9 Å². The molecule has 2 aromatic rings. The second-order valence-corrected chi connectivity index (χ2v) is 8.69. The van der Waals surface area contributed by atoms with Crippen molar-refractivity contribution < 1.29 is 31.1 Å². The van der Waals surface area contributed by atoms with Crippen LogP contribution < -0.4 is 14.4 Å². The van der Waals surface area contributed by atoms with Crippen LogP contribution in [0.2, 0.25) is 0 Å². The summed E-state index contributed by atoms with van der Waals surface area (Å²) in [7, 11) is -2.68. The molecule has 1 heterocycles. The fourth-order valence-corrected chi connectivity index (χ4v) is 4.23. The molecule has 2 aromatic carbocycles. The van der Waals surface area contributed by atoms with Crippen molar-refractivity contribution in [2.75, 3.05) is 44.7 Å². The van der Waals surface area contributed by atoms with Crippen molar-refractivity contribution >= 4 is 21.6 Å². The van der Waals surface area contributed by atoms with Crippen LogP contribution >= 0.6 is 0 Å². The highest BCUT2D eigenvalue weighted by atomic mass is 32.2. The van der Waals surface area contributed by atoms with E-state index in [0.29, 0.717) is 32.2 Å². The van der Waals surface area contributed by atoms with Crippen LogP contribution in [-0.4, -0.2) is 59.1 Å². The number of alkyl halides is 3. The van der Waals surface area contributed by atoms with Crippen molar-refractivity contribution in [1.82, 2.24) is 9.62 Å². The second kappa shape index (κ2) is 9.15. The van der Waals surface area contributed by atoms with Gasteiger partial charge in [0, 0.05) is 37.9 Å². The van der Waals surface area contributed by atoms with Gasteiger partial charge in [0.15, 0.2) is 0 Å². The van der Waals surface area contributed by atoms with E-state index in [1.807, 2.05) is 24.3 Å². The highest BCUT2D eigenvalue weighted by Gasteiger charge is 2.32. The van der Waals surface area contributed by atoms with Crippen LogP contribution in [0.25, 0.3) is 0 Å². The van der Waals surface area contributed by atoms with E-state index in [9.17, 15) is 26.4 Å². The summed E-state index contributed by atoms with van der Waals surface area (Å²) in [6, 6.07) is 10.9. The zero-order valence-electron chi connectivity index (χ0n) is 16.7. The minimum absolute atomic E-state index is 0.390. The maximum Gasteiger partial charge on any atom is 0.416 e. The van der Waals surface area contributed by atoms with Crippen LogP contribution in [0, 0.1) is 0 Å². The number of amides is 1. The molecular formula is C20H22F3N3O4S. The van der Waals surface area contributed by atoms with Gasteiger partial charge in [-0.2, -0.15) is 13.2 Å². The van der Waals surface area contributed by atoms with E-state index in [4.69, 9.17) is 4.74 Å². The Morgan fingerprint density at radius 1 is 1.06 bits per heavy atom. The largest absolute Gasteiger partial charge is 0.497 e. The fourth-order valence-electron chi connectivity index (χ4n) is 3.21. The van der Waals surface area contributed by atoms with E-state index in [1.165, 1.54) is 4.90 Å². The lowest BCUT2D eigenvalue weighted by Crippen LogP contribution is -2.51. The van der Waals surface area contributed by atoms with Crippen LogP contribution in [0.5, 0.6) is 5.75 Å². The Hall–Kier alpha value is -2.79. The SMILES string of the molecule is COc1cccc(N2CCN(C(=O)CNS(=O)(=O)c3cccc(C(F)(F)F)c3)CC2)c1. The number of halogens is 3. The van der Waals surface area contributed by atoms with Gasteiger partial charge in [-0.1, -0.05) is 12.1 Å². The van der Waals surface area contributed by atoms with E-state index in [-0.39, 0.29) is 0 Å². The van der Waals surface area contributed by atoms with Gasteiger partial charge in [-0.15, -0.1) is 0 Å². The van der Waals surface area contributed by atoms with Crippen LogP contribution in [-0.2, 0) is 21.0 Å². The molecule has 1 aliphatic rings. The number of methoxy groups -OCH3 is 1. The number of nitrogens with one attached hydrogen (secondary N) is 1. The maximum atomic E-state index is 12.8. The minimum atomic E-state index is -4.66. The smallest absolute Gasteiger partial charge is 0.416 e. The van der Waals surface area contributed by atoms with Gasteiger partial charge in [0.05, 0.1) is 24.1 Å². The zero-order valence-corrected chi connectivity index (χ0v) is 17.5. The number of hydrogen-bond donors (Lipinski definition) is 1. The first kappa shape index (κ1) is 22.9. The number of ether oxygens (including phenoxy) is 1. The van der Waals surface area contributed by atoms with Gasteiger partial charge < -0.3 is 14.5 Å². The number of piperazine rings is 1. The van der Waals surface area contributed by atoms with Crippen molar-refractivity contribution in [2.45, 2.75) is 11.1 Å². The first-order valence-corrected chi connectivity index (χ1v) is 10.9. The lowest BCUT2D eigenvalue weighted by atomic mass is 10.2. The summed E-state index contributed by atoms with van der Waals surface area (Å²) < 4.78 is 70.4. The first-order chi connectivity index (χ1) is 14.6. The number of anilines is 1. The number of carbonyl (C=O) groups excluding carboxylic acids is 1. The van der Waals surface area contributed by atoms with E-state index < -0.39 is 39.1 Å². The monoisotopic (exact) mass is 457 g/mol. The Morgan fingerprint density at radius 2 is 1.74 bits per heavy atom. The lowest BCUT2D eigenvalue weighted by Gasteiger charge is -2.36. The van der Waals surface area contributed by atoms with Crippen LogP contribution in [0.15, 0.2) is 53.4 Å². The van der Waals surface area contributed by atoms with Crippen molar-refractivity contribution in [3.05, 3.63) is 54.1 Å². The van der Waals surface area contributed by atoms with Gasteiger partial charge in [0.1, 0.15) is 5.75 Å². The molecule has 31 heavy (non-hydrogen) atoms. The third-order valence-electron chi connectivity index (χ3n) is 4.94. The molecule has 0 radical (unpaired) electrons. The first-order valence-electron chi connectivity index (χ1n) is 9.44. The molecule has 0 atom stereocenters. The number of nitrogens with zero attached hydrogens (tertiary/aromatic N) is 2. The van der Waals surface area contributed by atoms with E-state index in [2.05, 4.69) is 9.62 Å². The summed E-state index contributed by atoms with van der Waals surface area (Å²) in [5.41, 5.74) is -0.118. The average Bonchev–Trinajstić information content (AvgIpc) is 2.77. The molecule has 1 amide bonds. The number of hydrogen-bond acceptors (Lipinski definition) is 5. The Labute approximate surface area is 178 Å². The summed E-state index contributed by atoms with van der Waals surface area (Å²) in [4.78, 5) is 15.5. The summed E-state index contributed by atoms with van der Waals surface area (Å²) in [5, 5.41) is 0. The molecule has 0 saturated carbocycles. The van der Waals surface area contributed by atoms with Crippen molar-refractivity contribution in [3.8, 4) is 5.75 Å². The molecule has 1 N–H and O–H groups in total. The molecule has 0 spiro atoms. The lowest BCUT2D eigenvalue weighted by molar-refractivity contribution is -0.137. The quantitative estimate of drug-likeness (QED) is 0.721. The van der Waals surface area contributed by atoms with Gasteiger partial charge in [-0.05, 0) is 30.3 Å².